The van der Waals surface area contributed by atoms with Crippen LogP contribution in [-0.4, -0.2) is 21.5 Å². The standard InChI is InChI=1S/C21H16N4O2/c1-23-18-8-4-2-6-16(18)20-22-17-7-3-5-9-19(17)24(20)21(23)14-10-12-15(13-11-14)25(26)27/h2-13,21H,1H3. The molecule has 0 N–H and O–H groups in total. The number of benzene rings is 3. The molecule has 1 aliphatic heterocycles. The number of nitrogens with zero attached hydrogens (tertiary/aromatic N) is 4. The van der Waals surface area contributed by atoms with E-state index in [-0.39, 0.29) is 16.8 Å². The Morgan fingerprint density at radius 2 is 1.67 bits per heavy atom. The van der Waals surface area contributed by atoms with Gasteiger partial charge in [-0.25, -0.2) is 4.98 Å². The van der Waals surface area contributed by atoms with Gasteiger partial charge in [-0.15, -0.1) is 0 Å². The van der Waals surface area contributed by atoms with Crippen molar-refractivity contribution in [2.45, 2.75) is 6.17 Å². The van der Waals surface area contributed by atoms with Crippen molar-refractivity contribution >= 4 is 22.4 Å². The Labute approximate surface area is 155 Å². The molecule has 1 unspecified atom stereocenters. The molecule has 6 nitrogen and oxygen atoms in total. The quantitative estimate of drug-likeness (QED) is 0.389. The van der Waals surface area contributed by atoms with Gasteiger partial charge in [0.05, 0.1) is 16.0 Å². The topological polar surface area (TPSA) is 64.2 Å². The van der Waals surface area contributed by atoms with Crippen LogP contribution in [0.4, 0.5) is 11.4 Å². The maximum atomic E-state index is 11.0. The van der Waals surface area contributed by atoms with Crippen LogP contribution in [0.3, 0.4) is 0 Å². The van der Waals surface area contributed by atoms with E-state index in [1.807, 2.05) is 49.5 Å². The van der Waals surface area contributed by atoms with E-state index >= 15 is 0 Å². The van der Waals surface area contributed by atoms with E-state index in [1.54, 1.807) is 12.1 Å². The smallest absolute Gasteiger partial charge is 0.269 e. The first-order valence-electron chi connectivity index (χ1n) is 8.69. The van der Waals surface area contributed by atoms with Gasteiger partial charge in [-0.2, -0.15) is 0 Å². The molecule has 0 fully saturated rings. The highest BCUT2D eigenvalue weighted by atomic mass is 16.6. The lowest BCUT2D eigenvalue weighted by atomic mass is 10.0. The molecule has 0 radical (unpaired) electrons. The van der Waals surface area contributed by atoms with Crippen LogP contribution in [0.2, 0.25) is 0 Å². The fourth-order valence-electron chi connectivity index (χ4n) is 3.90. The Balaban J connectivity index is 1.79. The minimum atomic E-state index is -0.373. The van der Waals surface area contributed by atoms with Gasteiger partial charge in [-0.3, -0.25) is 14.7 Å². The lowest BCUT2D eigenvalue weighted by Gasteiger charge is -2.38. The minimum Gasteiger partial charge on any atom is -0.350 e. The Morgan fingerprint density at radius 1 is 0.963 bits per heavy atom. The molecule has 2 heterocycles. The number of nitro groups is 1. The highest BCUT2D eigenvalue weighted by Crippen LogP contribution is 2.43. The predicted octanol–water partition coefficient (Wildman–Crippen LogP) is 4.61. The van der Waals surface area contributed by atoms with Crippen LogP contribution in [0.5, 0.6) is 0 Å². The summed E-state index contributed by atoms with van der Waals surface area (Å²) in [5, 5.41) is 11.0. The molecule has 3 aromatic carbocycles. The molecule has 1 aliphatic rings. The number of nitro benzene ring substituents is 1. The zero-order chi connectivity index (χ0) is 18.5. The Morgan fingerprint density at radius 3 is 2.44 bits per heavy atom. The fraction of sp³-hybridized carbons (Fsp3) is 0.0952. The highest BCUT2D eigenvalue weighted by molar-refractivity contribution is 5.87. The third-order valence-corrected chi connectivity index (χ3v) is 5.13. The molecular formula is C21H16N4O2. The predicted molar refractivity (Wildman–Crippen MR) is 105 cm³/mol. The van der Waals surface area contributed by atoms with E-state index in [1.165, 1.54) is 0 Å². The summed E-state index contributed by atoms with van der Waals surface area (Å²) in [5.41, 5.74) is 5.20. The number of rotatable bonds is 2. The van der Waals surface area contributed by atoms with Crippen LogP contribution in [0.1, 0.15) is 11.7 Å². The number of hydrogen-bond donors (Lipinski definition) is 0. The second-order valence-electron chi connectivity index (χ2n) is 6.64. The Bertz CT molecular complexity index is 1180. The first-order chi connectivity index (χ1) is 13.1. The van der Waals surface area contributed by atoms with E-state index in [2.05, 4.69) is 27.7 Å². The minimum absolute atomic E-state index is 0.0910. The van der Waals surface area contributed by atoms with Gasteiger partial charge < -0.3 is 4.90 Å². The van der Waals surface area contributed by atoms with Crippen LogP contribution < -0.4 is 4.90 Å². The molecule has 0 saturated heterocycles. The summed E-state index contributed by atoms with van der Waals surface area (Å²) < 4.78 is 2.21. The molecule has 1 aromatic heterocycles. The van der Waals surface area contributed by atoms with Gasteiger partial charge in [0, 0.05) is 30.4 Å². The van der Waals surface area contributed by atoms with E-state index in [9.17, 15) is 10.1 Å². The molecule has 132 valence electrons. The normalized spacial score (nSPS) is 15.4. The third-order valence-electron chi connectivity index (χ3n) is 5.13. The fourth-order valence-corrected chi connectivity index (χ4v) is 3.90. The highest BCUT2D eigenvalue weighted by Gasteiger charge is 2.32. The Hall–Kier alpha value is -3.67. The van der Waals surface area contributed by atoms with Crippen molar-refractivity contribution in [3.8, 4) is 11.4 Å². The second-order valence-corrected chi connectivity index (χ2v) is 6.64. The largest absolute Gasteiger partial charge is 0.350 e. The van der Waals surface area contributed by atoms with Crippen molar-refractivity contribution in [2.24, 2.45) is 0 Å². The van der Waals surface area contributed by atoms with E-state index in [4.69, 9.17) is 4.98 Å². The van der Waals surface area contributed by atoms with Crippen LogP contribution in [0.25, 0.3) is 22.4 Å². The van der Waals surface area contributed by atoms with Crippen molar-refractivity contribution in [3.63, 3.8) is 0 Å². The van der Waals surface area contributed by atoms with Crippen LogP contribution in [0, 0.1) is 10.1 Å². The monoisotopic (exact) mass is 356 g/mol. The first kappa shape index (κ1) is 15.6. The van der Waals surface area contributed by atoms with E-state index < -0.39 is 0 Å². The number of para-hydroxylation sites is 3. The molecule has 27 heavy (non-hydrogen) atoms. The molecular weight excluding hydrogens is 340 g/mol. The summed E-state index contributed by atoms with van der Waals surface area (Å²) in [6.07, 6.45) is -0.136. The molecule has 4 aromatic rings. The van der Waals surface area contributed by atoms with Gasteiger partial charge in [-0.1, -0.05) is 24.3 Å². The molecule has 1 atom stereocenters. The second kappa shape index (κ2) is 5.67. The molecule has 5 rings (SSSR count). The summed E-state index contributed by atoms with van der Waals surface area (Å²) in [5.74, 6) is 0.910. The van der Waals surface area contributed by atoms with E-state index in [0.29, 0.717) is 0 Å². The zero-order valence-electron chi connectivity index (χ0n) is 14.6. The maximum Gasteiger partial charge on any atom is 0.269 e. The van der Waals surface area contributed by atoms with Crippen LogP contribution in [-0.2, 0) is 0 Å². The summed E-state index contributed by atoms with van der Waals surface area (Å²) in [6.45, 7) is 0. The van der Waals surface area contributed by atoms with Gasteiger partial charge in [-0.05, 0) is 42.0 Å². The Kier molecular flexibility index (Phi) is 3.27. The SMILES string of the molecule is CN1c2ccccc2-c2nc3ccccc3n2C1c1ccc([N+](=O)[O-])cc1. The van der Waals surface area contributed by atoms with Gasteiger partial charge in [0.2, 0.25) is 0 Å². The summed E-state index contributed by atoms with van der Waals surface area (Å²) >= 11 is 0. The third kappa shape index (κ3) is 2.23. The average molecular weight is 356 g/mol. The summed E-state index contributed by atoms with van der Waals surface area (Å²) in [6, 6.07) is 23.0. The first-order valence-corrected chi connectivity index (χ1v) is 8.69. The maximum absolute atomic E-state index is 11.0. The molecule has 0 spiro atoms. The van der Waals surface area contributed by atoms with Gasteiger partial charge in [0.25, 0.3) is 5.69 Å². The van der Waals surface area contributed by atoms with Crippen molar-refractivity contribution in [1.82, 2.24) is 9.55 Å². The zero-order valence-corrected chi connectivity index (χ0v) is 14.6. The average Bonchev–Trinajstić information content (AvgIpc) is 3.08. The number of imidazole rings is 1. The van der Waals surface area contributed by atoms with Gasteiger partial charge >= 0.3 is 0 Å². The number of anilines is 1. The number of hydrogen-bond acceptors (Lipinski definition) is 4. The van der Waals surface area contributed by atoms with Crippen LogP contribution >= 0.6 is 0 Å². The van der Waals surface area contributed by atoms with Crippen molar-refractivity contribution in [1.29, 1.82) is 0 Å². The van der Waals surface area contributed by atoms with Crippen molar-refractivity contribution < 1.29 is 4.92 Å². The summed E-state index contributed by atoms with van der Waals surface area (Å²) in [7, 11) is 2.04. The molecule has 6 heteroatoms. The molecule has 0 amide bonds. The number of fused-ring (bicyclic) bond motifs is 5. The number of aromatic nitrogens is 2. The lowest BCUT2D eigenvalue weighted by molar-refractivity contribution is -0.384. The molecule has 0 bridgehead atoms. The summed E-state index contributed by atoms with van der Waals surface area (Å²) in [4.78, 5) is 17.7. The lowest BCUT2D eigenvalue weighted by Crippen LogP contribution is -2.34. The van der Waals surface area contributed by atoms with Gasteiger partial charge in [0.1, 0.15) is 12.0 Å². The molecule has 0 saturated carbocycles. The number of non-ortho nitro benzene ring substituents is 1. The van der Waals surface area contributed by atoms with Crippen LogP contribution in [0.15, 0.2) is 72.8 Å². The van der Waals surface area contributed by atoms with Crippen molar-refractivity contribution in [3.05, 3.63) is 88.5 Å². The molecule has 0 aliphatic carbocycles. The van der Waals surface area contributed by atoms with E-state index in [0.717, 1.165) is 33.7 Å². The van der Waals surface area contributed by atoms with Gasteiger partial charge in [0.15, 0.2) is 0 Å². The van der Waals surface area contributed by atoms with Crippen molar-refractivity contribution in [2.75, 3.05) is 11.9 Å².